The van der Waals surface area contributed by atoms with Crippen molar-refractivity contribution in [3.8, 4) is 0 Å². The molecule has 0 radical (unpaired) electrons. The van der Waals surface area contributed by atoms with E-state index in [9.17, 15) is 19.5 Å². The molecule has 0 aromatic carbocycles. The number of carboxylic acids is 1. The molecular weight excluding hydrogens is 511 g/mol. The Kier molecular flexibility index (Phi) is 8.54. The first kappa shape index (κ1) is 26.4. The van der Waals surface area contributed by atoms with Gasteiger partial charge in [0.25, 0.3) is 11.8 Å². The van der Waals surface area contributed by atoms with Crippen molar-refractivity contribution in [2.45, 2.75) is 18.3 Å². The molecule has 0 bridgehead atoms. The van der Waals surface area contributed by atoms with Gasteiger partial charge >= 0.3 is 29.6 Å². The zero-order valence-electron chi connectivity index (χ0n) is 18.3. The molecule has 3 N–H and O–H groups in total. The molecule has 172 valence electrons. The summed E-state index contributed by atoms with van der Waals surface area (Å²) >= 11 is 3.89. The van der Waals surface area contributed by atoms with Crippen molar-refractivity contribution in [3.63, 3.8) is 0 Å². The van der Waals surface area contributed by atoms with Crippen LogP contribution >= 0.6 is 34.4 Å². The standard InChI is InChI=1S/C19H18N6O5S3.Na/c1-8-11(33-7-21-8)4-3-9-5-31-17-13(16(27)25(17)14(9)18(28)29)23-15(26)12(24-30-2)10-6-32-19(20)22-10;/h3-4,6-7,13,17H,5H2,1-2H3,(H2,20,22)(H,23,26)(H,28,29);/q;+1/p-1/b4-3-,24-12-;/t13-,17-;/m1./s1. The van der Waals surface area contributed by atoms with Crippen molar-refractivity contribution in [2.24, 2.45) is 5.16 Å². The molecule has 0 unspecified atom stereocenters. The largest absolute Gasteiger partial charge is 1.00 e. The second-order valence-corrected chi connectivity index (χ2v) is 9.73. The molecule has 2 amide bonds. The number of β-lactam (4-membered cyclic amide) rings is 1. The van der Waals surface area contributed by atoms with Crippen LogP contribution in [0.1, 0.15) is 16.3 Å². The van der Waals surface area contributed by atoms with Crippen LogP contribution in [0, 0.1) is 6.92 Å². The number of hydrogen-bond donors (Lipinski definition) is 2. The molecule has 4 heterocycles. The quantitative estimate of drug-likeness (QED) is 0.165. The summed E-state index contributed by atoms with van der Waals surface area (Å²) in [5, 5.41) is 19.4. The zero-order valence-corrected chi connectivity index (χ0v) is 22.8. The fraction of sp³-hybridized carbons (Fsp3) is 0.263. The molecular formula is C19H17N6NaO5S3. The molecule has 2 aromatic heterocycles. The van der Waals surface area contributed by atoms with Crippen LogP contribution in [0.25, 0.3) is 6.08 Å². The summed E-state index contributed by atoms with van der Waals surface area (Å²) < 4.78 is 0. The molecule has 0 spiro atoms. The summed E-state index contributed by atoms with van der Waals surface area (Å²) in [6, 6.07) is -0.941. The second-order valence-electron chi connectivity index (χ2n) is 6.85. The molecule has 1 fully saturated rings. The van der Waals surface area contributed by atoms with Gasteiger partial charge in [-0.2, -0.15) is 0 Å². The molecule has 11 nitrogen and oxygen atoms in total. The molecule has 2 atom stereocenters. The predicted molar refractivity (Wildman–Crippen MR) is 123 cm³/mol. The Balaban J connectivity index is 0.00000324. The fourth-order valence-electron chi connectivity index (χ4n) is 3.31. The zero-order chi connectivity index (χ0) is 23.7. The second kappa shape index (κ2) is 11.0. The van der Waals surface area contributed by atoms with Crippen molar-refractivity contribution in [1.82, 2.24) is 20.2 Å². The number of carbonyl (C=O) groups is 3. The Morgan fingerprint density at radius 3 is 2.74 bits per heavy atom. The average Bonchev–Trinajstić information content (AvgIpc) is 3.40. The fourth-order valence-corrected chi connectivity index (χ4v) is 5.87. The molecule has 2 aliphatic rings. The van der Waals surface area contributed by atoms with Crippen molar-refractivity contribution < 1.29 is 53.9 Å². The van der Waals surface area contributed by atoms with E-state index in [1.807, 2.05) is 6.92 Å². The molecule has 34 heavy (non-hydrogen) atoms. The molecule has 2 aromatic rings. The Hall–Kier alpha value is -2.23. The van der Waals surface area contributed by atoms with E-state index in [1.54, 1.807) is 17.7 Å². The number of carbonyl (C=O) groups excluding carboxylic acids is 3. The smallest absolute Gasteiger partial charge is 0.543 e. The Morgan fingerprint density at radius 1 is 1.38 bits per heavy atom. The van der Waals surface area contributed by atoms with Crippen molar-refractivity contribution >= 4 is 69.1 Å². The number of nitrogens with zero attached hydrogens (tertiary/aromatic N) is 4. The summed E-state index contributed by atoms with van der Waals surface area (Å²) in [4.78, 5) is 52.4. The first-order valence-electron chi connectivity index (χ1n) is 9.42. The van der Waals surface area contributed by atoms with E-state index in [-0.39, 0.29) is 51.8 Å². The van der Waals surface area contributed by atoms with E-state index in [0.29, 0.717) is 11.3 Å². The maximum atomic E-state index is 12.8. The molecule has 1 saturated heterocycles. The van der Waals surface area contributed by atoms with Crippen LogP contribution in [0.15, 0.2) is 33.4 Å². The number of oxime groups is 1. The monoisotopic (exact) mass is 528 g/mol. The van der Waals surface area contributed by atoms with Gasteiger partial charge < -0.3 is 25.8 Å². The van der Waals surface area contributed by atoms with Crippen LogP contribution in [0.4, 0.5) is 5.13 Å². The third-order valence-corrected chi connectivity index (χ3v) is 7.73. The topological polar surface area (TPSA) is 163 Å². The Labute approximate surface area is 228 Å². The van der Waals surface area contributed by atoms with Gasteiger partial charge in [-0.3, -0.25) is 14.5 Å². The van der Waals surface area contributed by atoms with E-state index >= 15 is 0 Å². The summed E-state index contributed by atoms with van der Waals surface area (Å²) in [6.07, 6.45) is 3.42. The van der Waals surface area contributed by atoms with Crippen LogP contribution in [0.2, 0.25) is 0 Å². The van der Waals surface area contributed by atoms with Gasteiger partial charge in [0.05, 0.1) is 22.9 Å². The first-order chi connectivity index (χ1) is 15.8. The summed E-state index contributed by atoms with van der Waals surface area (Å²) in [5.74, 6) is -2.39. The number of aryl methyl sites for hydroxylation is 1. The Morgan fingerprint density at radius 2 is 2.15 bits per heavy atom. The number of amides is 2. The van der Waals surface area contributed by atoms with Crippen molar-refractivity contribution in [2.75, 3.05) is 18.6 Å². The van der Waals surface area contributed by atoms with E-state index < -0.39 is 29.2 Å². The molecule has 2 aliphatic heterocycles. The number of fused-ring (bicyclic) bond motifs is 1. The number of hydrogen-bond acceptors (Lipinski definition) is 12. The van der Waals surface area contributed by atoms with E-state index in [2.05, 4.69) is 20.4 Å². The molecule has 0 saturated carbocycles. The SMILES string of the molecule is CO/N=C(\C(=O)N[C@@H]1C(=O)N2C(C(=O)[O-])=C(/C=C\c3scnc3C)CS[C@H]12)c1csc(N)n1.[Na+]. The maximum Gasteiger partial charge on any atom is 1.00 e. The van der Waals surface area contributed by atoms with Gasteiger partial charge in [0.1, 0.15) is 24.2 Å². The van der Waals surface area contributed by atoms with Gasteiger partial charge in [-0.05, 0) is 18.6 Å². The minimum Gasteiger partial charge on any atom is -0.543 e. The minimum atomic E-state index is -1.46. The summed E-state index contributed by atoms with van der Waals surface area (Å²) in [5.41, 5.74) is 8.45. The van der Waals surface area contributed by atoms with Gasteiger partial charge in [0.15, 0.2) is 10.8 Å². The van der Waals surface area contributed by atoms with Crippen molar-refractivity contribution in [1.29, 1.82) is 0 Å². The molecule has 15 heteroatoms. The first-order valence-corrected chi connectivity index (χ1v) is 12.2. The average molecular weight is 529 g/mol. The van der Waals surface area contributed by atoms with Crippen molar-refractivity contribution in [3.05, 3.63) is 44.5 Å². The van der Waals surface area contributed by atoms with E-state index in [1.165, 1.54) is 35.6 Å². The number of thiazole rings is 2. The predicted octanol–water partition coefficient (Wildman–Crippen LogP) is -3.04. The van der Waals surface area contributed by atoms with Crippen LogP contribution in [0.5, 0.6) is 0 Å². The number of allylic oxidation sites excluding steroid dienone is 1. The Bertz CT molecular complexity index is 1220. The number of carboxylic acid groups (broad SMARTS) is 1. The number of aliphatic carboxylic acids is 1. The van der Waals surface area contributed by atoms with Crippen LogP contribution in [0.3, 0.4) is 0 Å². The normalized spacial score (nSPS) is 20.0. The number of rotatable bonds is 7. The molecule has 4 rings (SSSR count). The van der Waals surface area contributed by atoms with E-state index in [0.717, 1.165) is 26.8 Å². The van der Waals surface area contributed by atoms with Gasteiger partial charge in [-0.15, -0.1) is 34.4 Å². The van der Waals surface area contributed by atoms with Gasteiger partial charge in [-0.25, -0.2) is 9.97 Å². The number of nitrogen functional groups attached to an aromatic ring is 1. The number of thioether (sulfide) groups is 1. The van der Waals surface area contributed by atoms with E-state index in [4.69, 9.17) is 10.6 Å². The third kappa shape index (κ3) is 5.06. The summed E-state index contributed by atoms with van der Waals surface area (Å²) in [7, 11) is 1.27. The number of aromatic nitrogens is 2. The maximum absolute atomic E-state index is 12.8. The van der Waals surface area contributed by atoms with Crippen LogP contribution < -0.4 is 45.7 Å². The van der Waals surface area contributed by atoms with Crippen LogP contribution in [-0.2, 0) is 19.2 Å². The minimum absolute atomic E-state index is 0. The van der Waals surface area contributed by atoms with Gasteiger partial charge in [0, 0.05) is 16.0 Å². The van der Waals surface area contributed by atoms with Gasteiger partial charge in [0.2, 0.25) is 0 Å². The van der Waals surface area contributed by atoms with Gasteiger partial charge in [-0.1, -0.05) is 11.2 Å². The van der Waals surface area contributed by atoms with Crippen LogP contribution in [-0.4, -0.2) is 62.6 Å². The third-order valence-electron chi connectivity index (χ3n) is 4.86. The number of anilines is 1. The number of nitrogens with two attached hydrogens (primary N) is 1. The summed E-state index contributed by atoms with van der Waals surface area (Å²) in [6.45, 7) is 1.85. The molecule has 0 aliphatic carbocycles. The number of nitrogens with one attached hydrogen (secondary N) is 1.